The molecule has 1 saturated heterocycles. The zero-order valence-electron chi connectivity index (χ0n) is 17.8. The molecule has 3 aromatic rings. The monoisotopic (exact) mass is 451 g/mol. The fraction of sp³-hybridized carbons (Fsp3) is 0.250. The number of anilines is 2. The van der Waals surface area contributed by atoms with Gasteiger partial charge in [-0.3, -0.25) is 13.9 Å². The number of rotatable bonds is 6. The lowest BCUT2D eigenvalue weighted by atomic mass is 10.1. The van der Waals surface area contributed by atoms with Gasteiger partial charge in [0.25, 0.3) is 5.91 Å². The molecular formula is C24H25N3O4S. The Hall–Kier alpha value is -3.39. The van der Waals surface area contributed by atoms with Gasteiger partial charge in [-0.15, -0.1) is 0 Å². The number of hydrogen-bond acceptors (Lipinski definition) is 4. The minimum atomic E-state index is -3.74. The molecule has 0 aromatic heterocycles. The van der Waals surface area contributed by atoms with E-state index in [0.717, 1.165) is 34.2 Å². The molecule has 8 heteroatoms. The summed E-state index contributed by atoms with van der Waals surface area (Å²) in [5.74, 6) is -0.655. The van der Waals surface area contributed by atoms with E-state index in [9.17, 15) is 18.0 Å². The van der Waals surface area contributed by atoms with Crippen LogP contribution >= 0.6 is 0 Å². The quantitative estimate of drug-likeness (QED) is 0.622. The Labute approximate surface area is 187 Å². The molecular weight excluding hydrogens is 426 g/mol. The van der Waals surface area contributed by atoms with Gasteiger partial charge in [-0.2, -0.15) is 0 Å². The molecule has 0 unspecified atom stereocenters. The summed E-state index contributed by atoms with van der Waals surface area (Å²) in [6.45, 7) is 0.993. The van der Waals surface area contributed by atoms with Gasteiger partial charge in [-0.05, 0) is 36.4 Å². The highest BCUT2D eigenvalue weighted by Crippen LogP contribution is 2.28. The van der Waals surface area contributed by atoms with E-state index in [4.69, 9.17) is 0 Å². The number of nitrogens with zero attached hydrogens (tertiary/aromatic N) is 2. The molecule has 0 atom stereocenters. The van der Waals surface area contributed by atoms with Crippen molar-refractivity contribution in [3.63, 3.8) is 0 Å². The lowest BCUT2D eigenvalue weighted by Gasteiger charge is -2.24. The second-order valence-corrected chi connectivity index (χ2v) is 9.77. The summed E-state index contributed by atoms with van der Waals surface area (Å²) in [5, 5.41) is 4.35. The number of fused-ring (bicyclic) bond motifs is 1. The van der Waals surface area contributed by atoms with Crippen LogP contribution in [-0.4, -0.2) is 51.0 Å². The summed E-state index contributed by atoms with van der Waals surface area (Å²) >= 11 is 0. The average molecular weight is 452 g/mol. The molecule has 0 bridgehead atoms. The van der Waals surface area contributed by atoms with Gasteiger partial charge < -0.3 is 10.2 Å². The molecule has 0 saturated carbocycles. The molecule has 1 aliphatic rings. The smallest absolute Gasteiger partial charge is 0.255 e. The maximum atomic E-state index is 12.9. The molecule has 0 radical (unpaired) electrons. The maximum Gasteiger partial charge on any atom is 0.255 e. The number of likely N-dealkylation sites (tertiary alicyclic amines) is 1. The van der Waals surface area contributed by atoms with E-state index in [-0.39, 0.29) is 5.91 Å². The molecule has 1 N–H and O–H groups in total. The van der Waals surface area contributed by atoms with Crippen molar-refractivity contribution >= 4 is 44.0 Å². The van der Waals surface area contributed by atoms with Crippen molar-refractivity contribution in [1.82, 2.24) is 4.90 Å². The van der Waals surface area contributed by atoms with Crippen molar-refractivity contribution in [3.05, 3.63) is 72.3 Å². The first-order valence-corrected chi connectivity index (χ1v) is 12.3. The standard InChI is InChI=1S/C24H25N3O4S/c1-32(30,31)27(22-14-8-10-18-9-2-3-11-19(18)22)17-23(28)25-21-13-5-4-12-20(21)24(29)26-15-6-7-16-26/h2-5,8-14H,6-7,15-17H2,1H3,(H,25,28). The second kappa shape index (κ2) is 9.00. The Morgan fingerprint density at radius 3 is 2.34 bits per heavy atom. The number of hydrogen-bond donors (Lipinski definition) is 1. The van der Waals surface area contributed by atoms with Crippen LogP contribution in [0, 0.1) is 0 Å². The predicted molar refractivity (Wildman–Crippen MR) is 126 cm³/mol. The fourth-order valence-electron chi connectivity index (χ4n) is 4.00. The first kappa shape index (κ1) is 21.8. The summed E-state index contributed by atoms with van der Waals surface area (Å²) in [7, 11) is -3.74. The Bertz CT molecular complexity index is 1260. The Balaban J connectivity index is 1.60. The van der Waals surface area contributed by atoms with Crippen LogP contribution in [0.15, 0.2) is 66.7 Å². The van der Waals surface area contributed by atoms with Crippen LogP contribution in [0.5, 0.6) is 0 Å². The highest BCUT2D eigenvalue weighted by Gasteiger charge is 2.25. The van der Waals surface area contributed by atoms with E-state index in [2.05, 4.69) is 5.32 Å². The van der Waals surface area contributed by atoms with Gasteiger partial charge >= 0.3 is 0 Å². The zero-order valence-corrected chi connectivity index (χ0v) is 18.6. The summed E-state index contributed by atoms with van der Waals surface area (Å²) in [6, 6.07) is 19.6. The highest BCUT2D eigenvalue weighted by atomic mass is 32.2. The van der Waals surface area contributed by atoms with Gasteiger partial charge in [0, 0.05) is 18.5 Å². The summed E-state index contributed by atoms with van der Waals surface area (Å²) in [6.07, 6.45) is 3.01. The van der Waals surface area contributed by atoms with Crippen molar-refractivity contribution in [1.29, 1.82) is 0 Å². The van der Waals surface area contributed by atoms with Crippen LogP contribution in [-0.2, 0) is 14.8 Å². The van der Waals surface area contributed by atoms with Crippen molar-refractivity contribution in [3.8, 4) is 0 Å². The highest BCUT2D eigenvalue weighted by molar-refractivity contribution is 7.92. The van der Waals surface area contributed by atoms with Crippen molar-refractivity contribution in [2.24, 2.45) is 0 Å². The summed E-state index contributed by atoms with van der Waals surface area (Å²) in [5.41, 5.74) is 1.21. The van der Waals surface area contributed by atoms with Gasteiger partial charge in [-0.1, -0.05) is 48.5 Å². The molecule has 2 amide bonds. The van der Waals surface area contributed by atoms with Crippen molar-refractivity contribution in [2.75, 3.05) is 35.5 Å². The topological polar surface area (TPSA) is 86.8 Å². The van der Waals surface area contributed by atoms with Gasteiger partial charge in [-0.25, -0.2) is 8.42 Å². The molecule has 0 aliphatic carbocycles. The maximum absolute atomic E-state index is 12.9. The molecule has 7 nitrogen and oxygen atoms in total. The lowest BCUT2D eigenvalue weighted by molar-refractivity contribution is -0.114. The van der Waals surface area contributed by atoms with Crippen LogP contribution in [0.25, 0.3) is 10.8 Å². The van der Waals surface area contributed by atoms with Crippen LogP contribution < -0.4 is 9.62 Å². The van der Waals surface area contributed by atoms with Gasteiger partial charge in [0.05, 0.1) is 23.2 Å². The number of carbonyl (C=O) groups excluding carboxylic acids is 2. The summed E-state index contributed by atoms with van der Waals surface area (Å²) < 4.78 is 26.3. The zero-order chi connectivity index (χ0) is 22.7. The molecule has 32 heavy (non-hydrogen) atoms. The fourth-order valence-corrected chi connectivity index (χ4v) is 4.86. The van der Waals surface area contributed by atoms with Crippen LogP contribution in [0.4, 0.5) is 11.4 Å². The molecule has 4 rings (SSSR count). The molecule has 166 valence electrons. The van der Waals surface area contributed by atoms with Gasteiger partial charge in [0.2, 0.25) is 15.9 Å². The second-order valence-electron chi connectivity index (χ2n) is 7.86. The SMILES string of the molecule is CS(=O)(=O)N(CC(=O)Nc1ccccc1C(=O)N1CCCC1)c1cccc2ccccc12. The van der Waals surface area contributed by atoms with Crippen LogP contribution in [0.2, 0.25) is 0 Å². The minimum absolute atomic E-state index is 0.132. The molecule has 1 aliphatic heterocycles. The average Bonchev–Trinajstić information content (AvgIpc) is 3.31. The first-order chi connectivity index (χ1) is 15.3. The van der Waals surface area contributed by atoms with E-state index in [0.29, 0.717) is 30.0 Å². The van der Waals surface area contributed by atoms with Gasteiger partial charge in [0.15, 0.2) is 0 Å². The Kier molecular flexibility index (Phi) is 6.14. The van der Waals surface area contributed by atoms with Gasteiger partial charge in [0.1, 0.15) is 6.54 Å². The number of benzene rings is 3. The molecule has 0 spiro atoms. The number of carbonyl (C=O) groups is 2. The Morgan fingerprint density at radius 1 is 0.938 bits per heavy atom. The number of nitrogens with one attached hydrogen (secondary N) is 1. The summed E-state index contributed by atoms with van der Waals surface area (Å²) in [4.78, 5) is 27.6. The van der Waals surface area contributed by atoms with Crippen molar-refractivity contribution < 1.29 is 18.0 Å². The first-order valence-electron chi connectivity index (χ1n) is 10.5. The number of sulfonamides is 1. The molecule has 1 heterocycles. The minimum Gasteiger partial charge on any atom is -0.339 e. The molecule has 1 fully saturated rings. The Morgan fingerprint density at radius 2 is 1.59 bits per heavy atom. The van der Waals surface area contributed by atoms with E-state index in [1.54, 1.807) is 41.3 Å². The van der Waals surface area contributed by atoms with E-state index < -0.39 is 22.5 Å². The van der Waals surface area contributed by atoms with E-state index in [1.165, 1.54) is 0 Å². The normalized spacial score (nSPS) is 13.8. The largest absolute Gasteiger partial charge is 0.339 e. The number of para-hydroxylation sites is 1. The molecule has 3 aromatic carbocycles. The van der Waals surface area contributed by atoms with E-state index in [1.807, 2.05) is 30.3 Å². The third-order valence-corrected chi connectivity index (χ3v) is 6.67. The van der Waals surface area contributed by atoms with E-state index >= 15 is 0 Å². The van der Waals surface area contributed by atoms with Crippen LogP contribution in [0.3, 0.4) is 0 Å². The third-order valence-electron chi connectivity index (χ3n) is 5.55. The van der Waals surface area contributed by atoms with Crippen LogP contribution in [0.1, 0.15) is 23.2 Å². The predicted octanol–water partition coefficient (Wildman–Crippen LogP) is 3.48. The lowest BCUT2D eigenvalue weighted by Crippen LogP contribution is -2.38. The third kappa shape index (κ3) is 4.60. The number of amides is 2. The van der Waals surface area contributed by atoms with Crippen molar-refractivity contribution in [2.45, 2.75) is 12.8 Å².